The van der Waals surface area contributed by atoms with Crippen LogP contribution in [0.2, 0.25) is 0 Å². The van der Waals surface area contributed by atoms with E-state index in [1.807, 2.05) is 0 Å². The van der Waals surface area contributed by atoms with Crippen LogP contribution in [0.4, 0.5) is 0 Å². The predicted molar refractivity (Wildman–Crippen MR) is 78.3 cm³/mol. The van der Waals surface area contributed by atoms with E-state index in [0.29, 0.717) is 0 Å². The number of rotatable bonds is 5. The second-order valence-electron chi connectivity index (χ2n) is 4.96. The number of hydrogen-bond acceptors (Lipinski definition) is 0. The first-order chi connectivity index (χ1) is 7.44. The number of allylic oxidation sites excluding steroid dienone is 2. The standard InChI is InChI=1S/C15H22P/c1-13(2)11-16(5,12-14(3)4)15-9-7-6-8-10-15/h6-10H,1,3,11-12H2,2,4-5H3/q+1. The van der Waals surface area contributed by atoms with Crippen molar-refractivity contribution in [3.05, 3.63) is 54.6 Å². The van der Waals surface area contributed by atoms with Gasteiger partial charge in [0.25, 0.3) is 0 Å². The van der Waals surface area contributed by atoms with Crippen LogP contribution in [0.25, 0.3) is 0 Å². The van der Waals surface area contributed by atoms with E-state index in [0.717, 1.165) is 12.3 Å². The Bertz CT molecular complexity index is 360. The first kappa shape index (κ1) is 13.2. The Morgan fingerprint density at radius 1 is 1.00 bits per heavy atom. The van der Waals surface area contributed by atoms with Gasteiger partial charge in [0.15, 0.2) is 0 Å². The Morgan fingerprint density at radius 2 is 1.44 bits per heavy atom. The molecule has 0 fully saturated rings. The molecule has 1 heteroatoms. The van der Waals surface area contributed by atoms with Crippen molar-refractivity contribution in [3.63, 3.8) is 0 Å². The molecule has 0 aromatic heterocycles. The lowest BCUT2D eigenvalue weighted by molar-refractivity contribution is 1.35. The van der Waals surface area contributed by atoms with E-state index >= 15 is 0 Å². The molecule has 0 N–H and O–H groups in total. The minimum absolute atomic E-state index is 1.13. The Labute approximate surface area is 100 Å². The average molecular weight is 233 g/mol. The van der Waals surface area contributed by atoms with Crippen molar-refractivity contribution in [1.82, 2.24) is 0 Å². The van der Waals surface area contributed by atoms with Gasteiger partial charge in [-0.25, -0.2) is 0 Å². The monoisotopic (exact) mass is 233 g/mol. The molecule has 0 nitrogen and oxygen atoms in total. The first-order valence-corrected chi connectivity index (χ1v) is 8.23. The van der Waals surface area contributed by atoms with Crippen LogP contribution in [0.15, 0.2) is 54.6 Å². The molecule has 0 saturated heterocycles. The summed E-state index contributed by atoms with van der Waals surface area (Å²) in [4.78, 5) is 0. The summed E-state index contributed by atoms with van der Waals surface area (Å²) in [6.07, 6.45) is 2.26. The largest absolute Gasteiger partial charge is 0.0965 e. The highest BCUT2D eigenvalue weighted by Gasteiger charge is 2.34. The van der Waals surface area contributed by atoms with Crippen LogP contribution < -0.4 is 5.30 Å². The smallest absolute Gasteiger partial charge is 0.0943 e. The second kappa shape index (κ2) is 5.46. The van der Waals surface area contributed by atoms with Gasteiger partial charge in [0.05, 0.1) is 31.6 Å². The molecule has 0 saturated carbocycles. The summed E-state index contributed by atoms with van der Waals surface area (Å²) < 4.78 is 0. The van der Waals surface area contributed by atoms with E-state index in [9.17, 15) is 0 Å². The zero-order valence-electron chi connectivity index (χ0n) is 10.7. The summed E-state index contributed by atoms with van der Waals surface area (Å²) in [5, 5.41) is 1.49. The first-order valence-electron chi connectivity index (χ1n) is 5.63. The van der Waals surface area contributed by atoms with Gasteiger partial charge in [0, 0.05) is 0 Å². The van der Waals surface area contributed by atoms with E-state index in [1.165, 1.54) is 16.5 Å². The topological polar surface area (TPSA) is 0 Å². The maximum absolute atomic E-state index is 4.07. The molecule has 0 radical (unpaired) electrons. The fourth-order valence-corrected chi connectivity index (χ4v) is 5.97. The van der Waals surface area contributed by atoms with Crippen LogP contribution in [0, 0.1) is 0 Å². The van der Waals surface area contributed by atoms with Crippen molar-refractivity contribution in [2.45, 2.75) is 13.8 Å². The van der Waals surface area contributed by atoms with Gasteiger partial charge in [-0.3, -0.25) is 0 Å². The van der Waals surface area contributed by atoms with Gasteiger partial charge < -0.3 is 0 Å². The zero-order chi connectivity index (χ0) is 12.2. The molecule has 0 spiro atoms. The Balaban J connectivity index is 3.04. The molecule has 0 atom stereocenters. The molecular formula is C15H22P+. The van der Waals surface area contributed by atoms with Crippen molar-refractivity contribution in [1.29, 1.82) is 0 Å². The summed E-state index contributed by atoms with van der Waals surface area (Å²) in [6, 6.07) is 10.8. The van der Waals surface area contributed by atoms with Crippen molar-refractivity contribution in [2.24, 2.45) is 0 Å². The van der Waals surface area contributed by atoms with E-state index in [4.69, 9.17) is 0 Å². The molecule has 0 aliphatic rings. The molecular weight excluding hydrogens is 211 g/mol. The normalized spacial score (nSPS) is 11.2. The number of benzene rings is 1. The van der Waals surface area contributed by atoms with Gasteiger partial charge in [0.2, 0.25) is 0 Å². The van der Waals surface area contributed by atoms with Crippen molar-refractivity contribution < 1.29 is 0 Å². The molecule has 1 rings (SSSR count). The molecule has 0 amide bonds. The van der Waals surface area contributed by atoms with Crippen LogP contribution >= 0.6 is 7.26 Å². The molecule has 86 valence electrons. The molecule has 0 unspecified atom stereocenters. The van der Waals surface area contributed by atoms with E-state index in [1.54, 1.807) is 0 Å². The lowest BCUT2D eigenvalue weighted by atomic mass is 10.4. The Hall–Kier alpha value is -0.870. The van der Waals surface area contributed by atoms with Crippen LogP contribution in [0.3, 0.4) is 0 Å². The second-order valence-corrected chi connectivity index (χ2v) is 8.90. The molecule has 1 aromatic rings. The maximum atomic E-state index is 4.07. The SMILES string of the molecule is C=C(C)C[P+](C)(CC(=C)C)c1ccccc1. The molecule has 0 heterocycles. The van der Waals surface area contributed by atoms with Crippen molar-refractivity contribution in [2.75, 3.05) is 19.0 Å². The number of hydrogen-bond donors (Lipinski definition) is 0. The fraction of sp³-hybridized carbons (Fsp3) is 0.333. The van der Waals surface area contributed by atoms with Gasteiger partial charge in [0.1, 0.15) is 0 Å². The van der Waals surface area contributed by atoms with Crippen LogP contribution in [-0.4, -0.2) is 19.0 Å². The molecule has 0 bridgehead atoms. The zero-order valence-corrected chi connectivity index (χ0v) is 11.6. The summed E-state index contributed by atoms with van der Waals surface area (Å²) in [5.74, 6) is 0. The van der Waals surface area contributed by atoms with E-state index in [-0.39, 0.29) is 0 Å². The van der Waals surface area contributed by atoms with Crippen LogP contribution in [0.1, 0.15) is 13.8 Å². The average Bonchev–Trinajstić information content (AvgIpc) is 2.16. The molecule has 1 aromatic carbocycles. The fourth-order valence-electron chi connectivity index (χ4n) is 2.22. The third kappa shape index (κ3) is 3.61. The minimum Gasteiger partial charge on any atom is -0.0965 e. The summed E-state index contributed by atoms with van der Waals surface area (Å²) >= 11 is 0. The van der Waals surface area contributed by atoms with Crippen molar-refractivity contribution in [3.8, 4) is 0 Å². The van der Waals surface area contributed by atoms with Gasteiger partial charge in [-0.2, -0.15) is 0 Å². The highest BCUT2D eigenvalue weighted by Crippen LogP contribution is 2.55. The third-order valence-electron chi connectivity index (χ3n) is 2.62. The Morgan fingerprint density at radius 3 is 1.81 bits per heavy atom. The summed E-state index contributed by atoms with van der Waals surface area (Å²) in [7, 11) is -1.13. The highest BCUT2D eigenvalue weighted by atomic mass is 31.2. The third-order valence-corrected chi connectivity index (χ3v) is 6.64. The molecule has 16 heavy (non-hydrogen) atoms. The maximum Gasteiger partial charge on any atom is 0.0943 e. The Kier molecular flexibility index (Phi) is 4.50. The molecule has 0 aliphatic carbocycles. The van der Waals surface area contributed by atoms with E-state index in [2.05, 4.69) is 64.0 Å². The quantitative estimate of drug-likeness (QED) is 0.530. The molecule has 0 aliphatic heterocycles. The van der Waals surface area contributed by atoms with Crippen LogP contribution in [-0.2, 0) is 0 Å². The van der Waals surface area contributed by atoms with Gasteiger partial charge in [-0.1, -0.05) is 31.4 Å². The highest BCUT2D eigenvalue weighted by molar-refractivity contribution is 7.82. The van der Waals surface area contributed by atoms with E-state index < -0.39 is 7.26 Å². The van der Waals surface area contributed by atoms with Gasteiger partial charge in [-0.05, 0) is 37.1 Å². The minimum atomic E-state index is -1.13. The van der Waals surface area contributed by atoms with Gasteiger partial charge in [-0.15, -0.1) is 0 Å². The summed E-state index contributed by atoms with van der Waals surface area (Å²) in [6.45, 7) is 14.8. The predicted octanol–water partition coefficient (Wildman–Crippen LogP) is 4.11. The van der Waals surface area contributed by atoms with Gasteiger partial charge >= 0.3 is 0 Å². The summed E-state index contributed by atoms with van der Waals surface area (Å²) in [5.41, 5.74) is 2.56. The van der Waals surface area contributed by atoms with Crippen LogP contribution in [0.5, 0.6) is 0 Å². The lowest BCUT2D eigenvalue weighted by Gasteiger charge is -2.23. The van der Waals surface area contributed by atoms with Crippen molar-refractivity contribution >= 4 is 12.6 Å². The lowest BCUT2D eigenvalue weighted by Crippen LogP contribution is -2.17.